The predicted octanol–water partition coefficient (Wildman–Crippen LogP) is 3.08. The summed E-state index contributed by atoms with van der Waals surface area (Å²) in [6.07, 6.45) is -3.49. The van der Waals surface area contributed by atoms with Gasteiger partial charge in [-0.25, -0.2) is 9.78 Å². The molecule has 0 aliphatic carbocycles. The number of hydrogen-bond acceptors (Lipinski definition) is 8. The molecule has 0 spiro atoms. The molecule has 200 valence electrons. The molecular formula is C23H26F3N5O5S. The monoisotopic (exact) mass is 541 g/mol. The first-order valence-corrected chi connectivity index (χ1v) is 11.9. The van der Waals surface area contributed by atoms with E-state index in [-0.39, 0.29) is 11.5 Å². The van der Waals surface area contributed by atoms with E-state index in [2.05, 4.69) is 34.4 Å². The van der Waals surface area contributed by atoms with Crippen LogP contribution in [0.3, 0.4) is 0 Å². The number of amides is 1. The summed E-state index contributed by atoms with van der Waals surface area (Å²) < 4.78 is 39.5. The minimum absolute atomic E-state index is 0.136. The number of hydrogen-bond donors (Lipinski definition) is 3. The van der Waals surface area contributed by atoms with Crippen molar-refractivity contribution in [1.82, 2.24) is 14.9 Å². The number of thiazole rings is 1. The molecule has 0 saturated carbocycles. The van der Waals surface area contributed by atoms with E-state index in [0.29, 0.717) is 34.0 Å². The Kier molecular flexibility index (Phi) is 8.43. The van der Waals surface area contributed by atoms with Crippen LogP contribution < -0.4 is 25.8 Å². The number of anilines is 2. The second-order valence-electron chi connectivity index (χ2n) is 8.49. The average Bonchev–Trinajstić information content (AvgIpc) is 3.24. The number of aliphatic carboxylic acids is 1. The first kappa shape index (κ1) is 27.9. The highest BCUT2D eigenvalue weighted by atomic mass is 32.1. The Morgan fingerprint density at radius 1 is 1.19 bits per heavy atom. The van der Waals surface area contributed by atoms with Gasteiger partial charge >= 0.3 is 12.1 Å². The molecule has 37 heavy (non-hydrogen) atoms. The number of halogens is 3. The van der Waals surface area contributed by atoms with Crippen LogP contribution in [0.5, 0.6) is 5.19 Å². The second kappa shape index (κ2) is 11.2. The van der Waals surface area contributed by atoms with Crippen molar-refractivity contribution in [2.75, 3.05) is 30.4 Å². The summed E-state index contributed by atoms with van der Waals surface area (Å²) in [5.74, 6) is -3.03. The molecule has 4 rings (SSSR count). The molecule has 0 radical (unpaired) electrons. The molecule has 1 amide bonds. The summed E-state index contributed by atoms with van der Waals surface area (Å²) in [5, 5.41) is 14.0. The van der Waals surface area contributed by atoms with Gasteiger partial charge in [0.25, 0.3) is 11.1 Å². The fourth-order valence-corrected chi connectivity index (χ4v) is 4.83. The average molecular weight is 542 g/mol. The van der Waals surface area contributed by atoms with Crippen molar-refractivity contribution in [3.8, 4) is 5.19 Å². The number of aryl methyl sites for hydroxylation is 1. The van der Waals surface area contributed by atoms with Gasteiger partial charge < -0.3 is 29.9 Å². The Balaban J connectivity index is 0.000000479. The molecule has 10 nitrogen and oxygen atoms in total. The molecule has 0 unspecified atom stereocenters. The number of carboxylic acid groups (broad SMARTS) is 1. The SMILES string of the molecule is COc1nc2c(C(=O)Nc3ccc(=O)n(C)c3)ccc(N3C[C@H](C)N[C@@H](C)C3)c2s1.O=C(O)C(F)(F)F. The Bertz CT molecular complexity index is 1350. The van der Waals surface area contributed by atoms with E-state index < -0.39 is 12.1 Å². The van der Waals surface area contributed by atoms with Gasteiger partial charge in [0, 0.05) is 44.5 Å². The third-order valence-electron chi connectivity index (χ3n) is 5.41. The molecule has 1 saturated heterocycles. The molecule has 1 aliphatic heterocycles. The smallest absolute Gasteiger partial charge is 0.475 e. The number of piperazine rings is 1. The number of pyridine rings is 1. The zero-order valence-electron chi connectivity index (χ0n) is 20.4. The summed E-state index contributed by atoms with van der Waals surface area (Å²) >= 11 is 1.44. The molecule has 1 aromatic carbocycles. The maximum Gasteiger partial charge on any atom is 0.490 e. The number of aromatic nitrogens is 2. The van der Waals surface area contributed by atoms with E-state index in [1.807, 2.05) is 12.1 Å². The van der Waals surface area contributed by atoms with Crippen LogP contribution in [0, 0.1) is 0 Å². The minimum atomic E-state index is -5.08. The van der Waals surface area contributed by atoms with Gasteiger partial charge in [0.05, 0.1) is 28.7 Å². The first-order valence-electron chi connectivity index (χ1n) is 11.1. The van der Waals surface area contributed by atoms with Crippen molar-refractivity contribution in [2.24, 2.45) is 7.05 Å². The van der Waals surface area contributed by atoms with Crippen LogP contribution in [0.4, 0.5) is 24.5 Å². The molecule has 3 N–H and O–H groups in total. The maximum absolute atomic E-state index is 13.0. The van der Waals surface area contributed by atoms with Crippen LogP contribution in [0.15, 0.2) is 35.3 Å². The largest absolute Gasteiger partial charge is 0.490 e. The lowest BCUT2D eigenvalue weighted by molar-refractivity contribution is -0.192. The summed E-state index contributed by atoms with van der Waals surface area (Å²) in [5.41, 5.74) is 2.56. The normalized spacial score (nSPS) is 17.6. The zero-order chi connectivity index (χ0) is 27.5. The number of carbonyl (C=O) groups excluding carboxylic acids is 1. The van der Waals surface area contributed by atoms with Crippen molar-refractivity contribution < 1.29 is 32.6 Å². The number of carboxylic acids is 1. The number of carbonyl (C=O) groups is 2. The van der Waals surface area contributed by atoms with Crippen molar-refractivity contribution in [3.63, 3.8) is 0 Å². The number of benzene rings is 1. The highest BCUT2D eigenvalue weighted by Gasteiger charge is 2.38. The first-order chi connectivity index (χ1) is 17.3. The van der Waals surface area contributed by atoms with Crippen LogP contribution in [-0.4, -0.2) is 65.0 Å². The molecule has 1 fully saturated rings. The molecule has 0 bridgehead atoms. The zero-order valence-corrected chi connectivity index (χ0v) is 21.2. The van der Waals surface area contributed by atoms with E-state index in [1.54, 1.807) is 26.4 Å². The van der Waals surface area contributed by atoms with Crippen molar-refractivity contribution in [2.45, 2.75) is 32.1 Å². The predicted molar refractivity (Wildman–Crippen MR) is 134 cm³/mol. The Labute approximate surface area is 213 Å². The van der Waals surface area contributed by atoms with Gasteiger partial charge in [-0.15, -0.1) is 0 Å². The fourth-order valence-electron chi connectivity index (χ4n) is 3.88. The van der Waals surface area contributed by atoms with Crippen molar-refractivity contribution in [3.05, 3.63) is 46.4 Å². The van der Waals surface area contributed by atoms with E-state index >= 15 is 0 Å². The van der Waals surface area contributed by atoms with Gasteiger partial charge in [-0.2, -0.15) is 13.2 Å². The number of alkyl halides is 3. The van der Waals surface area contributed by atoms with Gasteiger partial charge in [0.1, 0.15) is 5.52 Å². The molecule has 1 aliphatic rings. The number of nitrogens with one attached hydrogen (secondary N) is 2. The van der Waals surface area contributed by atoms with Crippen molar-refractivity contribution in [1.29, 1.82) is 0 Å². The van der Waals surface area contributed by atoms with Crippen LogP contribution in [0.25, 0.3) is 10.2 Å². The number of nitrogens with zero attached hydrogens (tertiary/aromatic N) is 3. The Hall–Kier alpha value is -3.65. The topological polar surface area (TPSA) is 126 Å². The molecule has 2 aromatic heterocycles. The summed E-state index contributed by atoms with van der Waals surface area (Å²) in [6, 6.07) is 7.55. The number of fused-ring (bicyclic) bond motifs is 1. The van der Waals surface area contributed by atoms with E-state index in [9.17, 15) is 22.8 Å². The molecule has 3 aromatic rings. The second-order valence-corrected chi connectivity index (χ2v) is 9.45. The summed E-state index contributed by atoms with van der Waals surface area (Å²) in [6.45, 7) is 6.09. The molecule has 14 heteroatoms. The number of methoxy groups -OCH3 is 1. The van der Waals surface area contributed by atoms with Gasteiger partial charge in [0.2, 0.25) is 5.56 Å². The summed E-state index contributed by atoms with van der Waals surface area (Å²) in [4.78, 5) is 40.4. The van der Waals surface area contributed by atoms with Crippen LogP contribution in [0.1, 0.15) is 24.2 Å². The van der Waals surface area contributed by atoms with Gasteiger partial charge in [-0.3, -0.25) is 9.59 Å². The lowest BCUT2D eigenvalue weighted by atomic mass is 10.1. The van der Waals surface area contributed by atoms with E-state index in [4.69, 9.17) is 14.6 Å². The van der Waals surface area contributed by atoms with Gasteiger partial charge in [-0.1, -0.05) is 11.3 Å². The lowest BCUT2D eigenvalue weighted by Crippen LogP contribution is -2.54. The number of rotatable bonds is 4. The van der Waals surface area contributed by atoms with Gasteiger partial charge in [0.15, 0.2) is 0 Å². The maximum atomic E-state index is 13.0. The highest BCUT2D eigenvalue weighted by Crippen LogP contribution is 2.38. The standard InChI is InChI=1S/C21H25N5O3S.C2HF3O2/c1-12-9-26(10-13(2)22-12)16-7-6-15(18-19(16)30-21(24-18)29-4)20(28)23-14-5-8-17(27)25(3)11-14;3-2(4,5)1(6)7/h5-8,11-13,22H,9-10H2,1-4H3,(H,23,28);(H,6,7)/t12-,13-;/m0./s1. The van der Waals surface area contributed by atoms with Gasteiger partial charge in [-0.05, 0) is 32.0 Å². The third kappa shape index (κ3) is 6.77. The van der Waals surface area contributed by atoms with Crippen LogP contribution >= 0.6 is 11.3 Å². The van der Waals surface area contributed by atoms with Crippen LogP contribution in [-0.2, 0) is 11.8 Å². The highest BCUT2D eigenvalue weighted by molar-refractivity contribution is 7.21. The number of ether oxygens (including phenoxy) is 1. The Morgan fingerprint density at radius 2 is 1.81 bits per heavy atom. The summed E-state index contributed by atoms with van der Waals surface area (Å²) in [7, 11) is 3.22. The van der Waals surface area contributed by atoms with E-state index in [1.165, 1.54) is 22.0 Å². The molecule has 3 heterocycles. The molecule has 2 atom stereocenters. The quantitative estimate of drug-likeness (QED) is 0.460. The third-order valence-corrected chi connectivity index (χ3v) is 6.45. The fraction of sp³-hybridized carbons (Fsp3) is 0.391. The molecular weight excluding hydrogens is 515 g/mol. The van der Waals surface area contributed by atoms with Crippen molar-refractivity contribution >= 4 is 44.8 Å². The van der Waals surface area contributed by atoms with E-state index in [0.717, 1.165) is 23.5 Å². The Morgan fingerprint density at radius 3 is 2.35 bits per heavy atom. The lowest BCUT2D eigenvalue weighted by Gasteiger charge is -2.37. The van der Waals surface area contributed by atoms with Crippen LogP contribution in [0.2, 0.25) is 0 Å². The minimum Gasteiger partial charge on any atom is -0.475 e.